The van der Waals surface area contributed by atoms with Crippen LogP contribution in [0.5, 0.6) is 0 Å². The maximum absolute atomic E-state index is 11.5. The summed E-state index contributed by atoms with van der Waals surface area (Å²) in [5, 5.41) is 20.3. The number of hydrogen-bond donors (Lipinski definition) is 4. The minimum Gasteiger partial charge on any atom is -0.480 e. The van der Waals surface area contributed by atoms with E-state index in [-0.39, 0.29) is 0 Å². The third-order valence-corrected chi connectivity index (χ3v) is 2.87. The van der Waals surface area contributed by atoms with Crippen LogP contribution in [-0.4, -0.2) is 45.4 Å². The topological polar surface area (TPSA) is 107 Å². The first-order valence-electron chi connectivity index (χ1n) is 5.37. The number of H-pyrrole nitrogens is 1. The summed E-state index contributed by atoms with van der Waals surface area (Å²) in [4.78, 5) is 22.4. The van der Waals surface area contributed by atoms with E-state index < -0.39 is 18.0 Å². The minimum absolute atomic E-state index is 0.303. The Morgan fingerprint density at radius 3 is 2.94 bits per heavy atom. The number of hydrogen-bond acceptors (Lipinski definition) is 4. The molecule has 0 aromatic carbocycles. The van der Waals surface area contributed by atoms with E-state index in [1.807, 2.05) is 6.26 Å². The number of amides is 2. The summed E-state index contributed by atoms with van der Waals surface area (Å²) in [5.74, 6) is -0.346. The fourth-order valence-electron chi connectivity index (χ4n) is 1.26. The van der Waals surface area contributed by atoms with Crippen molar-refractivity contribution in [3.63, 3.8) is 0 Å². The molecule has 2 amide bonds. The quantitative estimate of drug-likeness (QED) is 0.575. The molecule has 7 nitrogen and oxygen atoms in total. The fourth-order valence-corrected chi connectivity index (χ4v) is 1.73. The third kappa shape index (κ3) is 5.09. The number of rotatable bonds is 7. The van der Waals surface area contributed by atoms with E-state index in [4.69, 9.17) is 5.11 Å². The van der Waals surface area contributed by atoms with Crippen LogP contribution in [0, 0.1) is 0 Å². The number of carbonyl (C=O) groups excluding carboxylic acids is 1. The first kappa shape index (κ1) is 14.4. The van der Waals surface area contributed by atoms with E-state index in [1.54, 1.807) is 12.4 Å². The summed E-state index contributed by atoms with van der Waals surface area (Å²) in [6.45, 7) is 0.303. The molecular formula is C10H16N4O3S. The summed E-state index contributed by atoms with van der Waals surface area (Å²) >= 11 is 1.54. The molecule has 0 saturated heterocycles. The molecule has 1 atom stereocenters. The predicted octanol–water partition coefficient (Wildman–Crippen LogP) is 0.415. The van der Waals surface area contributed by atoms with Crippen LogP contribution in [0.1, 0.15) is 12.0 Å². The van der Waals surface area contributed by atoms with Crippen LogP contribution >= 0.6 is 11.8 Å². The molecule has 0 aliphatic carbocycles. The number of aromatic amines is 1. The molecule has 0 saturated carbocycles. The summed E-state index contributed by atoms with van der Waals surface area (Å²) in [6.07, 6.45) is 5.53. The first-order valence-corrected chi connectivity index (χ1v) is 6.76. The number of thioether (sulfide) groups is 1. The van der Waals surface area contributed by atoms with Crippen LogP contribution in [0.4, 0.5) is 4.79 Å². The van der Waals surface area contributed by atoms with Gasteiger partial charge < -0.3 is 15.7 Å². The molecule has 1 heterocycles. The van der Waals surface area contributed by atoms with Crippen LogP contribution < -0.4 is 10.6 Å². The van der Waals surface area contributed by atoms with Crippen molar-refractivity contribution < 1.29 is 14.7 Å². The van der Waals surface area contributed by atoms with Crippen molar-refractivity contribution in [3.05, 3.63) is 18.0 Å². The second kappa shape index (κ2) is 7.59. The van der Waals surface area contributed by atoms with Gasteiger partial charge in [0.1, 0.15) is 6.04 Å². The summed E-state index contributed by atoms with van der Waals surface area (Å²) in [7, 11) is 0. The van der Waals surface area contributed by atoms with E-state index in [2.05, 4.69) is 20.8 Å². The fraction of sp³-hybridized carbons (Fsp3) is 0.500. The lowest BCUT2D eigenvalue weighted by atomic mass is 10.2. The Hall–Kier alpha value is -1.70. The molecule has 1 rings (SSSR count). The smallest absolute Gasteiger partial charge is 0.326 e. The Bertz CT molecular complexity index is 382. The lowest BCUT2D eigenvalue weighted by Crippen LogP contribution is -2.46. The number of urea groups is 1. The molecular weight excluding hydrogens is 256 g/mol. The maximum Gasteiger partial charge on any atom is 0.326 e. The van der Waals surface area contributed by atoms with Crippen LogP contribution in [-0.2, 0) is 11.3 Å². The third-order valence-electron chi connectivity index (χ3n) is 2.22. The van der Waals surface area contributed by atoms with Crippen molar-refractivity contribution in [1.82, 2.24) is 20.8 Å². The summed E-state index contributed by atoms with van der Waals surface area (Å²) in [6, 6.07) is -1.36. The highest BCUT2D eigenvalue weighted by molar-refractivity contribution is 7.98. The molecule has 18 heavy (non-hydrogen) atoms. The Balaban J connectivity index is 2.34. The van der Waals surface area contributed by atoms with Gasteiger partial charge in [-0.15, -0.1) is 0 Å². The van der Waals surface area contributed by atoms with E-state index >= 15 is 0 Å². The van der Waals surface area contributed by atoms with Gasteiger partial charge in [0.25, 0.3) is 0 Å². The highest BCUT2D eigenvalue weighted by atomic mass is 32.2. The molecule has 1 aromatic heterocycles. The number of nitrogens with zero attached hydrogens (tertiary/aromatic N) is 1. The van der Waals surface area contributed by atoms with Crippen molar-refractivity contribution in [2.75, 3.05) is 12.0 Å². The summed E-state index contributed by atoms with van der Waals surface area (Å²) in [5.41, 5.74) is 0.820. The zero-order valence-corrected chi connectivity index (χ0v) is 10.8. The molecule has 0 bridgehead atoms. The van der Waals surface area contributed by atoms with E-state index in [1.165, 1.54) is 11.8 Å². The van der Waals surface area contributed by atoms with Gasteiger partial charge in [-0.25, -0.2) is 9.59 Å². The minimum atomic E-state index is -1.03. The van der Waals surface area contributed by atoms with Crippen molar-refractivity contribution >= 4 is 23.8 Å². The van der Waals surface area contributed by atoms with Gasteiger partial charge in [-0.2, -0.15) is 16.9 Å². The van der Waals surface area contributed by atoms with Crippen LogP contribution in [0.3, 0.4) is 0 Å². The Morgan fingerprint density at radius 2 is 2.39 bits per heavy atom. The van der Waals surface area contributed by atoms with Gasteiger partial charge in [-0.1, -0.05) is 0 Å². The lowest BCUT2D eigenvalue weighted by Gasteiger charge is -2.14. The largest absolute Gasteiger partial charge is 0.480 e. The molecule has 0 fully saturated rings. The van der Waals surface area contributed by atoms with Gasteiger partial charge in [-0.05, 0) is 18.4 Å². The molecule has 4 N–H and O–H groups in total. The monoisotopic (exact) mass is 272 g/mol. The second-order valence-electron chi connectivity index (χ2n) is 3.61. The van der Waals surface area contributed by atoms with Crippen LogP contribution in [0.15, 0.2) is 12.4 Å². The average molecular weight is 272 g/mol. The molecule has 100 valence electrons. The average Bonchev–Trinajstić information content (AvgIpc) is 2.84. The highest BCUT2D eigenvalue weighted by Crippen LogP contribution is 2.01. The van der Waals surface area contributed by atoms with Gasteiger partial charge in [-0.3, -0.25) is 5.10 Å². The molecule has 8 heteroatoms. The SMILES string of the molecule is CSCC[C@@H](NC(=O)NCc1cn[nH]c1)C(=O)O. The normalized spacial score (nSPS) is 11.8. The van der Waals surface area contributed by atoms with Crippen molar-refractivity contribution in [2.24, 2.45) is 0 Å². The first-order chi connectivity index (χ1) is 8.63. The number of carbonyl (C=O) groups is 2. The number of aromatic nitrogens is 2. The zero-order valence-electron chi connectivity index (χ0n) is 9.97. The highest BCUT2D eigenvalue weighted by Gasteiger charge is 2.18. The van der Waals surface area contributed by atoms with Gasteiger partial charge in [0.15, 0.2) is 0 Å². The van der Waals surface area contributed by atoms with E-state index in [0.29, 0.717) is 18.7 Å². The van der Waals surface area contributed by atoms with Crippen LogP contribution in [0.2, 0.25) is 0 Å². The van der Waals surface area contributed by atoms with E-state index in [9.17, 15) is 9.59 Å². The molecule has 0 spiro atoms. The molecule has 0 unspecified atom stereocenters. The van der Waals surface area contributed by atoms with Gasteiger partial charge in [0, 0.05) is 18.3 Å². The van der Waals surface area contributed by atoms with Crippen molar-refractivity contribution in [2.45, 2.75) is 19.0 Å². The molecule has 0 radical (unpaired) electrons. The molecule has 0 aliphatic heterocycles. The van der Waals surface area contributed by atoms with Gasteiger partial charge in [0.05, 0.1) is 6.20 Å². The molecule has 0 aliphatic rings. The maximum atomic E-state index is 11.5. The van der Waals surface area contributed by atoms with Crippen LogP contribution in [0.25, 0.3) is 0 Å². The number of carboxylic acid groups (broad SMARTS) is 1. The predicted molar refractivity (Wildman–Crippen MR) is 68.4 cm³/mol. The molecule has 1 aromatic rings. The van der Waals surface area contributed by atoms with E-state index in [0.717, 1.165) is 5.56 Å². The standard InChI is InChI=1S/C10H16N4O3S/c1-18-3-2-8(9(15)16)14-10(17)11-4-7-5-12-13-6-7/h5-6,8H,2-4H2,1H3,(H,12,13)(H,15,16)(H2,11,14,17)/t8-/m1/s1. The van der Waals surface area contributed by atoms with Crippen molar-refractivity contribution in [3.8, 4) is 0 Å². The van der Waals surface area contributed by atoms with Gasteiger partial charge >= 0.3 is 12.0 Å². The van der Waals surface area contributed by atoms with Gasteiger partial charge in [0.2, 0.25) is 0 Å². The Morgan fingerprint density at radius 1 is 1.61 bits per heavy atom. The Labute approximate surface area is 109 Å². The van der Waals surface area contributed by atoms with Crippen molar-refractivity contribution in [1.29, 1.82) is 0 Å². The number of carboxylic acids is 1. The number of aliphatic carboxylic acids is 1. The number of nitrogens with one attached hydrogen (secondary N) is 3. The second-order valence-corrected chi connectivity index (χ2v) is 4.59. The lowest BCUT2D eigenvalue weighted by molar-refractivity contribution is -0.139. The summed E-state index contributed by atoms with van der Waals surface area (Å²) < 4.78 is 0. The Kier molecular flexibility index (Phi) is 6.06. The zero-order chi connectivity index (χ0) is 13.4.